The number of halogens is 2. The first-order chi connectivity index (χ1) is 9.51. The molecule has 100 valence electrons. The molecule has 0 fully saturated rings. The highest BCUT2D eigenvalue weighted by Crippen LogP contribution is 2.26. The second kappa shape index (κ2) is 5.36. The molecule has 0 spiro atoms. The Morgan fingerprint density at radius 2 is 2.05 bits per heavy atom. The summed E-state index contributed by atoms with van der Waals surface area (Å²) in [5.41, 5.74) is 4.77. The van der Waals surface area contributed by atoms with Gasteiger partial charge in [0.25, 0.3) is 5.91 Å². The van der Waals surface area contributed by atoms with Crippen molar-refractivity contribution in [3.8, 4) is 17.4 Å². The molecule has 0 bridgehead atoms. The predicted octanol–water partition coefficient (Wildman–Crippen LogP) is 2.62. The van der Waals surface area contributed by atoms with Gasteiger partial charge in [0, 0.05) is 12.1 Å². The highest BCUT2D eigenvalue weighted by molar-refractivity contribution is 6.00. The maximum Gasteiger partial charge on any atom is 0.259 e. The van der Waals surface area contributed by atoms with Gasteiger partial charge < -0.3 is 10.2 Å². The molecular weight excluding hydrogens is 266 g/mol. The second-order valence-corrected chi connectivity index (χ2v) is 3.86. The lowest BCUT2D eigenvalue weighted by Crippen LogP contribution is -2.12. The number of primary amides is 1. The summed E-state index contributed by atoms with van der Waals surface area (Å²) in [4.78, 5) is 10.9. The topological polar surface area (TPSA) is 80.0 Å². The normalized spacial score (nSPS) is 11.2. The number of furan rings is 1. The molecule has 1 heterocycles. The number of nitrogens with two attached hydrogens (primary N) is 1. The van der Waals surface area contributed by atoms with Crippen LogP contribution < -0.4 is 5.73 Å². The van der Waals surface area contributed by atoms with Crippen molar-refractivity contribution in [2.45, 2.75) is 0 Å². The molecule has 0 saturated carbocycles. The van der Waals surface area contributed by atoms with Gasteiger partial charge in [-0.15, -0.1) is 0 Å². The number of amides is 1. The van der Waals surface area contributed by atoms with E-state index in [0.717, 1.165) is 18.2 Å². The van der Waals surface area contributed by atoms with Crippen LogP contribution in [0, 0.1) is 23.0 Å². The third kappa shape index (κ3) is 2.72. The molecule has 0 aliphatic rings. The maximum absolute atomic E-state index is 13.6. The molecule has 0 unspecified atom stereocenters. The lowest BCUT2D eigenvalue weighted by molar-refractivity contribution is -0.114. The summed E-state index contributed by atoms with van der Waals surface area (Å²) in [7, 11) is 0. The van der Waals surface area contributed by atoms with Gasteiger partial charge in [0.1, 0.15) is 34.8 Å². The van der Waals surface area contributed by atoms with E-state index in [-0.39, 0.29) is 22.7 Å². The van der Waals surface area contributed by atoms with E-state index in [2.05, 4.69) is 0 Å². The zero-order chi connectivity index (χ0) is 14.7. The van der Waals surface area contributed by atoms with Gasteiger partial charge >= 0.3 is 0 Å². The Morgan fingerprint density at radius 3 is 2.65 bits per heavy atom. The maximum atomic E-state index is 13.6. The number of rotatable bonds is 3. The number of nitrogens with zero attached hydrogens (tertiary/aromatic N) is 1. The monoisotopic (exact) mass is 274 g/mol. The molecule has 2 rings (SSSR count). The van der Waals surface area contributed by atoms with Gasteiger partial charge in [-0.25, -0.2) is 8.78 Å². The highest BCUT2D eigenvalue weighted by atomic mass is 19.1. The van der Waals surface area contributed by atoms with Gasteiger partial charge in [0.15, 0.2) is 0 Å². The van der Waals surface area contributed by atoms with Crippen molar-refractivity contribution in [3.05, 3.63) is 53.3 Å². The van der Waals surface area contributed by atoms with Crippen molar-refractivity contribution in [3.63, 3.8) is 0 Å². The number of hydrogen-bond acceptors (Lipinski definition) is 3. The van der Waals surface area contributed by atoms with Crippen molar-refractivity contribution >= 4 is 12.0 Å². The van der Waals surface area contributed by atoms with Crippen LogP contribution in [0.2, 0.25) is 0 Å². The number of carbonyl (C=O) groups is 1. The van der Waals surface area contributed by atoms with Crippen LogP contribution in [-0.4, -0.2) is 5.91 Å². The van der Waals surface area contributed by atoms with Crippen LogP contribution in [0.1, 0.15) is 5.76 Å². The van der Waals surface area contributed by atoms with Crippen molar-refractivity contribution < 1.29 is 18.0 Å². The Hall–Kier alpha value is -2.94. The highest BCUT2D eigenvalue weighted by Gasteiger charge is 2.11. The number of carbonyl (C=O) groups excluding carboxylic acids is 1. The summed E-state index contributed by atoms with van der Waals surface area (Å²) in [6, 6.07) is 7.57. The molecule has 0 radical (unpaired) electrons. The Balaban J connectivity index is 2.39. The van der Waals surface area contributed by atoms with Crippen LogP contribution in [0.25, 0.3) is 17.4 Å². The van der Waals surface area contributed by atoms with Gasteiger partial charge in [-0.05, 0) is 24.3 Å². The van der Waals surface area contributed by atoms with Crippen LogP contribution >= 0.6 is 0 Å². The molecule has 6 heteroatoms. The van der Waals surface area contributed by atoms with Gasteiger partial charge in [-0.1, -0.05) is 0 Å². The summed E-state index contributed by atoms with van der Waals surface area (Å²) >= 11 is 0. The molecule has 4 nitrogen and oxygen atoms in total. The van der Waals surface area contributed by atoms with E-state index in [1.165, 1.54) is 18.2 Å². The number of nitriles is 1. The quantitative estimate of drug-likeness (QED) is 0.690. The number of benzene rings is 1. The molecule has 2 aromatic rings. The van der Waals surface area contributed by atoms with Crippen LogP contribution in [-0.2, 0) is 4.79 Å². The zero-order valence-corrected chi connectivity index (χ0v) is 10.1. The first-order valence-corrected chi connectivity index (χ1v) is 5.48. The fourth-order valence-corrected chi connectivity index (χ4v) is 1.57. The Morgan fingerprint density at radius 1 is 1.30 bits per heavy atom. The first-order valence-electron chi connectivity index (χ1n) is 5.48. The lowest BCUT2D eigenvalue weighted by Gasteiger charge is -1.99. The summed E-state index contributed by atoms with van der Waals surface area (Å²) < 4.78 is 31.6. The molecule has 0 aliphatic heterocycles. The molecule has 0 aliphatic carbocycles. The average molecular weight is 274 g/mol. The number of hydrogen-bond donors (Lipinski definition) is 1. The third-order valence-corrected chi connectivity index (χ3v) is 2.50. The summed E-state index contributed by atoms with van der Waals surface area (Å²) in [5, 5.41) is 8.69. The van der Waals surface area contributed by atoms with Crippen LogP contribution in [0.4, 0.5) is 8.78 Å². The Labute approximate surface area is 112 Å². The van der Waals surface area contributed by atoms with Gasteiger partial charge in [-0.2, -0.15) is 5.26 Å². The predicted molar refractivity (Wildman–Crippen MR) is 66.8 cm³/mol. The molecule has 1 aromatic carbocycles. The van der Waals surface area contributed by atoms with Gasteiger partial charge in [0.05, 0.1) is 5.56 Å². The van der Waals surface area contributed by atoms with Crippen LogP contribution in [0.15, 0.2) is 40.3 Å². The van der Waals surface area contributed by atoms with E-state index in [1.54, 1.807) is 6.07 Å². The molecule has 20 heavy (non-hydrogen) atoms. The molecular formula is C14H8F2N2O2. The average Bonchev–Trinajstić information content (AvgIpc) is 2.83. The fourth-order valence-electron chi connectivity index (χ4n) is 1.57. The van der Waals surface area contributed by atoms with E-state index >= 15 is 0 Å². The minimum atomic E-state index is -0.890. The van der Waals surface area contributed by atoms with Crippen LogP contribution in [0.5, 0.6) is 0 Å². The third-order valence-electron chi connectivity index (χ3n) is 2.50. The molecule has 1 amide bonds. The van der Waals surface area contributed by atoms with Gasteiger partial charge in [-0.3, -0.25) is 4.79 Å². The zero-order valence-electron chi connectivity index (χ0n) is 10.1. The van der Waals surface area contributed by atoms with E-state index in [0.29, 0.717) is 0 Å². The fraction of sp³-hybridized carbons (Fsp3) is 0. The minimum Gasteiger partial charge on any atom is -0.457 e. The van der Waals surface area contributed by atoms with E-state index < -0.39 is 17.5 Å². The SMILES string of the molecule is N#C/C(=C\c1ccc(-c2ccc(F)cc2F)o1)C(N)=O. The largest absolute Gasteiger partial charge is 0.457 e. The first kappa shape index (κ1) is 13.5. The standard InChI is InChI=1S/C14H8F2N2O2/c15-9-1-3-11(12(16)6-9)13-4-2-10(20-13)5-8(7-17)14(18)19/h1-6H,(H2,18,19)/b8-5+. The molecule has 0 saturated heterocycles. The summed E-state index contributed by atoms with van der Waals surface area (Å²) in [5.74, 6) is -2.04. The van der Waals surface area contributed by atoms with E-state index in [4.69, 9.17) is 15.4 Å². The van der Waals surface area contributed by atoms with Gasteiger partial charge in [0.2, 0.25) is 0 Å². The van der Waals surface area contributed by atoms with Crippen LogP contribution in [0.3, 0.4) is 0 Å². The van der Waals surface area contributed by atoms with Crippen molar-refractivity contribution in [1.29, 1.82) is 5.26 Å². The van der Waals surface area contributed by atoms with Crippen molar-refractivity contribution in [2.24, 2.45) is 5.73 Å². The summed E-state index contributed by atoms with van der Waals surface area (Å²) in [6.07, 6.45) is 1.15. The molecule has 1 aromatic heterocycles. The summed E-state index contributed by atoms with van der Waals surface area (Å²) in [6.45, 7) is 0. The van der Waals surface area contributed by atoms with E-state index in [9.17, 15) is 13.6 Å². The second-order valence-electron chi connectivity index (χ2n) is 3.86. The smallest absolute Gasteiger partial charge is 0.259 e. The Bertz CT molecular complexity index is 742. The lowest BCUT2D eigenvalue weighted by atomic mass is 10.1. The molecule has 0 atom stereocenters. The van der Waals surface area contributed by atoms with Crippen molar-refractivity contribution in [2.75, 3.05) is 0 Å². The molecule has 2 N–H and O–H groups in total. The Kier molecular flexibility index (Phi) is 3.62. The minimum absolute atomic E-state index is 0.0728. The van der Waals surface area contributed by atoms with E-state index in [1.807, 2.05) is 0 Å². The van der Waals surface area contributed by atoms with Crippen molar-refractivity contribution in [1.82, 2.24) is 0 Å².